The lowest BCUT2D eigenvalue weighted by molar-refractivity contribution is 0.507. The summed E-state index contributed by atoms with van der Waals surface area (Å²) in [6.07, 6.45) is 0.119. The summed E-state index contributed by atoms with van der Waals surface area (Å²) in [5.74, 6) is -1.91. The topological polar surface area (TPSA) is 41.6 Å². The molecule has 3 nitrogen and oxygen atoms in total. The molecular formula is C12H8ClF2N3. The van der Waals surface area contributed by atoms with Crippen molar-refractivity contribution in [3.63, 3.8) is 0 Å². The van der Waals surface area contributed by atoms with Gasteiger partial charge in [-0.1, -0.05) is 11.6 Å². The van der Waals surface area contributed by atoms with Crippen LogP contribution in [-0.2, 0) is 6.42 Å². The van der Waals surface area contributed by atoms with Gasteiger partial charge in [-0.3, -0.25) is 0 Å². The fourth-order valence-corrected chi connectivity index (χ4v) is 1.94. The molecule has 2 rings (SSSR count). The van der Waals surface area contributed by atoms with Crippen molar-refractivity contribution < 1.29 is 8.78 Å². The highest BCUT2D eigenvalue weighted by atomic mass is 35.5. The Morgan fingerprint density at radius 3 is 2.72 bits per heavy atom. The highest BCUT2D eigenvalue weighted by Gasteiger charge is 2.15. The number of nitriles is 1. The van der Waals surface area contributed by atoms with E-state index in [0.717, 1.165) is 12.1 Å². The second-order valence-electron chi connectivity index (χ2n) is 3.70. The minimum absolute atomic E-state index is 0.119. The second-order valence-corrected chi connectivity index (χ2v) is 4.06. The molecule has 0 N–H and O–H groups in total. The fourth-order valence-electron chi connectivity index (χ4n) is 1.60. The summed E-state index contributed by atoms with van der Waals surface area (Å²) in [7, 11) is 0. The molecule has 1 aromatic carbocycles. The monoisotopic (exact) mass is 267 g/mol. The molecule has 6 heteroatoms. The molecule has 0 aliphatic rings. The Kier molecular flexibility index (Phi) is 3.30. The van der Waals surface area contributed by atoms with Gasteiger partial charge >= 0.3 is 0 Å². The van der Waals surface area contributed by atoms with E-state index >= 15 is 0 Å². The molecule has 0 atom stereocenters. The zero-order valence-corrected chi connectivity index (χ0v) is 10.2. The first kappa shape index (κ1) is 12.5. The molecule has 0 saturated heterocycles. The average Bonchev–Trinajstić information content (AvgIpc) is 2.61. The van der Waals surface area contributed by atoms with Gasteiger partial charge in [0, 0.05) is 11.6 Å². The van der Waals surface area contributed by atoms with Gasteiger partial charge in [0.1, 0.15) is 5.15 Å². The van der Waals surface area contributed by atoms with Crippen molar-refractivity contribution in [3.8, 4) is 11.8 Å². The SMILES string of the molecule is Cc1nn(-c2ccc(F)c(F)c2)c(Cl)c1CC#N. The highest BCUT2D eigenvalue weighted by molar-refractivity contribution is 6.30. The van der Waals surface area contributed by atoms with Gasteiger partial charge in [0.05, 0.1) is 23.9 Å². The van der Waals surface area contributed by atoms with E-state index in [9.17, 15) is 8.78 Å². The molecule has 0 amide bonds. The Morgan fingerprint density at radius 2 is 2.11 bits per heavy atom. The van der Waals surface area contributed by atoms with Crippen molar-refractivity contribution in [3.05, 3.63) is 46.2 Å². The van der Waals surface area contributed by atoms with Crippen LogP contribution in [-0.4, -0.2) is 9.78 Å². The molecule has 0 aliphatic heterocycles. The largest absolute Gasteiger partial charge is 0.222 e. The average molecular weight is 268 g/mol. The van der Waals surface area contributed by atoms with Gasteiger partial charge in [-0.25, -0.2) is 13.5 Å². The first-order valence-electron chi connectivity index (χ1n) is 5.11. The number of hydrogen-bond acceptors (Lipinski definition) is 2. The zero-order chi connectivity index (χ0) is 13.3. The van der Waals surface area contributed by atoms with Crippen LogP contribution in [0.3, 0.4) is 0 Å². The van der Waals surface area contributed by atoms with Crippen LogP contribution < -0.4 is 0 Å². The quantitative estimate of drug-likeness (QED) is 0.839. The van der Waals surface area contributed by atoms with Crippen molar-refractivity contribution in [2.75, 3.05) is 0 Å². The Morgan fingerprint density at radius 1 is 1.39 bits per heavy atom. The number of halogens is 3. The van der Waals surface area contributed by atoms with Gasteiger partial charge in [-0.15, -0.1) is 0 Å². The van der Waals surface area contributed by atoms with Crippen molar-refractivity contribution in [2.24, 2.45) is 0 Å². The second kappa shape index (κ2) is 4.75. The van der Waals surface area contributed by atoms with Gasteiger partial charge in [-0.2, -0.15) is 10.4 Å². The van der Waals surface area contributed by atoms with Crippen LogP contribution in [0.4, 0.5) is 8.78 Å². The van der Waals surface area contributed by atoms with Crippen LogP contribution in [0.5, 0.6) is 0 Å². The van der Waals surface area contributed by atoms with Crippen LogP contribution in [0, 0.1) is 29.9 Å². The smallest absolute Gasteiger partial charge is 0.160 e. The van der Waals surface area contributed by atoms with Crippen molar-refractivity contribution >= 4 is 11.6 Å². The molecule has 0 spiro atoms. The summed E-state index contributed by atoms with van der Waals surface area (Å²) in [4.78, 5) is 0. The Balaban J connectivity index is 2.55. The Bertz CT molecular complexity index is 644. The zero-order valence-electron chi connectivity index (χ0n) is 9.41. The molecule has 0 radical (unpaired) electrons. The minimum Gasteiger partial charge on any atom is -0.222 e. The Labute approximate surface area is 107 Å². The first-order valence-corrected chi connectivity index (χ1v) is 5.48. The number of nitrogens with zero attached hydrogens (tertiary/aromatic N) is 3. The van der Waals surface area contributed by atoms with Gasteiger partial charge in [0.25, 0.3) is 0 Å². The van der Waals surface area contributed by atoms with E-state index in [4.69, 9.17) is 16.9 Å². The third kappa shape index (κ3) is 2.07. The predicted octanol–water partition coefficient (Wildman–Crippen LogP) is 3.18. The minimum atomic E-state index is -0.974. The van der Waals surface area contributed by atoms with E-state index in [2.05, 4.69) is 5.10 Å². The lowest BCUT2D eigenvalue weighted by Crippen LogP contribution is -1.98. The molecule has 0 fully saturated rings. The van der Waals surface area contributed by atoms with Gasteiger partial charge in [0.15, 0.2) is 11.6 Å². The third-order valence-corrected chi connectivity index (χ3v) is 2.91. The third-order valence-electron chi connectivity index (χ3n) is 2.53. The maximum absolute atomic E-state index is 13.1. The van der Waals surface area contributed by atoms with E-state index in [1.165, 1.54) is 10.7 Å². The summed E-state index contributed by atoms with van der Waals surface area (Å²) >= 11 is 6.07. The summed E-state index contributed by atoms with van der Waals surface area (Å²) in [5, 5.41) is 13.0. The predicted molar refractivity (Wildman–Crippen MR) is 62.5 cm³/mol. The normalized spacial score (nSPS) is 10.4. The van der Waals surface area contributed by atoms with Gasteiger partial charge in [-0.05, 0) is 19.1 Å². The van der Waals surface area contributed by atoms with Crippen molar-refractivity contribution in [2.45, 2.75) is 13.3 Å². The number of rotatable bonds is 2. The lowest BCUT2D eigenvalue weighted by Gasteiger charge is -2.03. The molecule has 0 aliphatic carbocycles. The molecule has 18 heavy (non-hydrogen) atoms. The van der Waals surface area contributed by atoms with E-state index in [1.54, 1.807) is 6.92 Å². The molecule has 0 saturated carbocycles. The van der Waals surface area contributed by atoms with Gasteiger partial charge in [0.2, 0.25) is 0 Å². The van der Waals surface area contributed by atoms with Crippen LogP contribution in [0.1, 0.15) is 11.3 Å². The summed E-state index contributed by atoms with van der Waals surface area (Å²) < 4.78 is 27.3. The molecule has 1 heterocycles. The molecule has 92 valence electrons. The Hall–Kier alpha value is -1.93. The van der Waals surface area contributed by atoms with Crippen LogP contribution in [0.25, 0.3) is 5.69 Å². The van der Waals surface area contributed by atoms with E-state index in [1.807, 2.05) is 6.07 Å². The summed E-state index contributed by atoms with van der Waals surface area (Å²) in [5.41, 5.74) is 1.49. The molecule has 0 unspecified atom stereocenters. The number of aromatic nitrogens is 2. The van der Waals surface area contributed by atoms with E-state index in [-0.39, 0.29) is 11.6 Å². The maximum atomic E-state index is 13.1. The number of benzene rings is 1. The van der Waals surface area contributed by atoms with Gasteiger partial charge < -0.3 is 0 Å². The lowest BCUT2D eigenvalue weighted by atomic mass is 10.2. The van der Waals surface area contributed by atoms with Crippen molar-refractivity contribution in [1.29, 1.82) is 5.26 Å². The highest BCUT2D eigenvalue weighted by Crippen LogP contribution is 2.24. The standard InChI is InChI=1S/C12H8ClF2N3/c1-7-9(4-5-16)12(13)18(17-7)8-2-3-10(14)11(15)6-8/h2-3,6H,4H2,1H3. The molecule has 0 bridgehead atoms. The molecule has 2 aromatic rings. The number of aryl methyl sites for hydroxylation is 1. The summed E-state index contributed by atoms with van der Waals surface area (Å²) in [6.45, 7) is 1.70. The number of hydrogen-bond donors (Lipinski definition) is 0. The van der Waals surface area contributed by atoms with Crippen LogP contribution >= 0.6 is 11.6 Å². The fraction of sp³-hybridized carbons (Fsp3) is 0.167. The molecular weight excluding hydrogens is 260 g/mol. The van der Waals surface area contributed by atoms with Crippen LogP contribution in [0.15, 0.2) is 18.2 Å². The molecule has 1 aromatic heterocycles. The van der Waals surface area contributed by atoms with E-state index in [0.29, 0.717) is 16.9 Å². The van der Waals surface area contributed by atoms with Crippen LogP contribution in [0.2, 0.25) is 5.15 Å². The summed E-state index contributed by atoms with van der Waals surface area (Å²) in [6, 6.07) is 5.35. The first-order chi connectivity index (χ1) is 8.54. The maximum Gasteiger partial charge on any atom is 0.160 e. The van der Waals surface area contributed by atoms with Crippen molar-refractivity contribution in [1.82, 2.24) is 9.78 Å². The van der Waals surface area contributed by atoms with E-state index < -0.39 is 11.6 Å².